The zero-order valence-electron chi connectivity index (χ0n) is 11.4. The first-order valence-corrected chi connectivity index (χ1v) is 8.45. The van der Waals surface area contributed by atoms with Crippen molar-refractivity contribution in [1.82, 2.24) is 9.88 Å². The highest BCUT2D eigenvalue weighted by Crippen LogP contribution is 2.19. The van der Waals surface area contributed by atoms with Crippen LogP contribution in [0.2, 0.25) is 0 Å². The molecule has 2 heterocycles. The van der Waals surface area contributed by atoms with Crippen LogP contribution in [0.3, 0.4) is 0 Å². The molecule has 1 saturated heterocycles. The van der Waals surface area contributed by atoms with Gasteiger partial charge < -0.3 is 10.6 Å². The third kappa shape index (κ3) is 3.16. The lowest BCUT2D eigenvalue weighted by Crippen LogP contribution is -2.41. The average molecular weight is 297 g/mol. The molecule has 0 spiro atoms. The van der Waals surface area contributed by atoms with Crippen molar-refractivity contribution in [3.63, 3.8) is 0 Å². The van der Waals surface area contributed by atoms with Crippen molar-refractivity contribution in [1.29, 1.82) is 0 Å². The van der Waals surface area contributed by atoms with E-state index in [1.54, 1.807) is 23.2 Å². The summed E-state index contributed by atoms with van der Waals surface area (Å²) in [6.07, 6.45) is 2.06. The maximum Gasteiger partial charge on any atom is 0.254 e. The molecule has 2 N–H and O–H groups in total. The summed E-state index contributed by atoms with van der Waals surface area (Å²) >= 11 is 0. The summed E-state index contributed by atoms with van der Waals surface area (Å²) in [5, 5.41) is 0. The quantitative estimate of drug-likeness (QED) is 0.856. The first-order valence-electron chi connectivity index (χ1n) is 6.63. The van der Waals surface area contributed by atoms with E-state index >= 15 is 0 Å². The zero-order chi connectivity index (χ0) is 14.8. The fraction of sp³-hybridized carbons (Fsp3) is 0.538. The van der Waals surface area contributed by atoms with Gasteiger partial charge in [0.15, 0.2) is 9.84 Å². The Bertz CT molecular complexity index is 601. The Morgan fingerprint density at radius 3 is 2.85 bits per heavy atom. The number of sulfone groups is 1. The van der Waals surface area contributed by atoms with Crippen molar-refractivity contribution in [2.24, 2.45) is 5.73 Å². The Morgan fingerprint density at radius 2 is 2.30 bits per heavy atom. The van der Waals surface area contributed by atoms with Crippen LogP contribution in [0.4, 0.5) is 0 Å². The minimum Gasteiger partial charge on any atom is -0.335 e. The topological polar surface area (TPSA) is 93.4 Å². The van der Waals surface area contributed by atoms with Crippen LogP contribution in [-0.4, -0.2) is 48.3 Å². The highest BCUT2D eigenvalue weighted by atomic mass is 32.2. The number of carbonyl (C=O) groups is 1. The summed E-state index contributed by atoms with van der Waals surface area (Å²) < 4.78 is 23.1. The van der Waals surface area contributed by atoms with E-state index in [2.05, 4.69) is 4.98 Å². The van der Waals surface area contributed by atoms with Crippen LogP contribution in [0.25, 0.3) is 0 Å². The normalized spacial score (nSPS) is 20.8. The monoisotopic (exact) mass is 297 g/mol. The van der Waals surface area contributed by atoms with Gasteiger partial charge in [0.05, 0.1) is 17.2 Å². The fourth-order valence-corrected chi connectivity index (χ4v) is 4.21. The number of amides is 1. The Kier molecular flexibility index (Phi) is 4.39. The number of hydrogen-bond donors (Lipinski definition) is 1. The van der Waals surface area contributed by atoms with Crippen molar-refractivity contribution in [3.8, 4) is 0 Å². The minimum absolute atomic E-state index is 0.0570. The lowest BCUT2D eigenvalue weighted by atomic mass is 10.1. The van der Waals surface area contributed by atoms with Gasteiger partial charge in [0.25, 0.3) is 5.91 Å². The van der Waals surface area contributed by atoms with E-state index in [1.165, 1.54) is 0 Å². The maximum absolute atomic E-state index is 12.5. The van der Waals surface area contributed by atoms with Crippen molar-refractivity contribution >= 4 is 15.7 Å². The van der Waals surface area contributed by atoms with E-state index in [1.807, 2.05) is 6.92 Å². The van der Waals surface area contributed by atoms with Gasteiger partial charge >= 0.3 is 0 Å². The molecular weight excluding hydrogens is 278 g/mol. The first-order chi connectivity index (χ1) is 9.46. The fourth-order valence-electron chi connectivity index (χ4n) is 2.48. The molecule has 2 rings (SSSR count). The second-order valence-electron chi connectivity index (χ2n) is 4.89. The predicted molar refractivity (Wildman–Crippen MR) is 75.9 cm³/mol. The Labute approximate surface area is 118 Å². The lowest BCUT2D eigenvalue weighted by molar-refractivity contribution is 0.0708. The second-order valence-corrected chi connectivity index (χ2v) is 7.12. The van der Waals surface area contributed by atoms with Crippen LogP contribution >= 0.6 is 0 Å². The summed E-state index contributed by atoms with van der Waals surface area (Å²) in [6, 6.07) is 3.06. The summed E-state index contributed by atoms with van der Waals surface area (Å²) in [6.45, 7) is 2.61. The van der Waals surface area contributed by atoms with Crippen molar-refractivity contribution in [2.75, 3.05) is 18.1 Å². The number of rotatable bonds is 4. The summed E-state index contributed by atoms with van der Waals surface area (Å²) in [5.74, 6) is 0.0551. The van der Waals surface area contributed by atoms with Gasteiger partial charge in [-0.05, 0) is 25.5 Å². The van der Waals surface area contributed by atoms with Crippen LogP contribution < -0.4 is 5.73 Å². The molecule has 20 heavy (non-hydrogen) atoms. The SMILES string of the molecule is CCN(C(=O)c1ccnc(CN)c1)C1CCS(=O)(=O)C1. The van der Waals surface area contributed by atoms with E-state index in [4.69, 9.17) is 5.73 Å². The standard InChI is InChI=1S/C13H19N3O3S/c1-2-16(12-4-6-20(18,19)9-12)13(17)10-3-5-15-11(7-10)8-14/h3,5,7,12H,2,4,6,8-9,14H2,1H3. The van der Waals surface area contributed by atoms with Crippen molar-refractivity contribution < 1.29 is 13.2 Å². The highest BCUT2D eigenvalue weighted by Gasteiger charge is 2.34. The largest absolute Gasteiger partial charge is 0.335 e. The van der Waals surface area contributed by atoms with Gasteiger partial charge in [0, 0.05) is 30.9 Å². The molecule has 1 fully saturated rings. The van der Waals surface area contributed by atoms with E-state index in [0.29, 0.717) is 24.2 Å². The third-order valence-electron chi connectivity index (χ3n) is 3.52. The van der Waals surface area contributed by atoms with Crippen molar-refractivity contribution in [3.05, 3.63) is 29.6 Å². The smallest absolute Gasteiger partial charge is 0.254 e. The van der Waals surface area contributed by atoms with Crippen molar-refractivity contribution in [2.45, 2.75) is 25.9 Å². The van der Waals surface area contributed by atoms with Gasteiger partial charge in [-0.3, -0.25) is 9.78 Å². The van der Waals surface area contributed by atoms with Crippen LogP contribution in [0, 0.1) is 0 Å². The molecular formula is C13H19N3O3S. The van der Waals surface area contributed by atoms with E-state index in [-0.39, 0.29) is 30.0 Å². The summed E-state index contributed by atoms with van der Waals surface area (Å²) in [7, 11) is -3.01. The molecule has 0 aliphatic carbocycles. The molecule has 6 nitrogen and oxygen atoms in total. The third-order valence-corrected chi connectivity index (χ3v) is 5.27. The first kappa shape index (κ1) is 14.9. The lowest BCUT2D eigenvalue weighted by Gasteiger charge is -2.27. The number of nitrogens with two attached hydrogens (primary N) is 1. The molecule has 1 aliphatic rings. The van der Waals surface area contributed by atoms with Gasteiger partial charge in [-0.2, -0.15) is 0 Å². The molecule has 0 radical (unpaired) electrons. The number of hydrogen-bond acceptors (Lipinski definition) is 5. The number of nitrogens with zero attached hydrogens (tertiary/aromatic N) is 2. The number of aromatic nitrogens is 1. The summed E-state index contributed by atoms with van der Waals surface area (Å²) in [5.41, 5.74) is 6.67. The zero-order valence-corrected chi connectivity index (χ0v) is 12.3. The van der Waals surface area contributed by atoms with Gasteiger partial charge in [0.1, 0.15) is 0 Å². The molecule has 110 valence electrons. The van der Waals surface area contributed by atoms with Crippen LogP contribution in [0.1, 0.15) is 29.4 Å². The van der Waals surface area contributed by atoms with E-state index < -0.39 is 9.84 Å². The molecule has 1 aromatic heterocycles. The van der Waals surface area contributed by atoms with Gasteiger partial charge in [-0.1, -0.05) is 0 Å². The van der Waals surface area contributed by atoms with E-state index in [0.717, 1.165) is 0 Å². The van der Waals surface area contributed by atoms with Gasteiger partial charge in [-0.25, -0.2) is 8.42 Å². The molecule has 0 saturated carbocycles. The minimum atomic E-state index is -3.01. The summed E-state index contributed by atoms with van der Waals surface area (Å²) in [4.78, 5) is 18.2. The molecule has 1 aromatic rings. The molecule has 7 heteroatoms. The van der Waals surface area contributed by atoms with Crippen LogP contribution in [-0.2, 0) is 16.4 Å². The van der Waals surface area contributed by atoms with Gasteiger partial charge in [0.2, 0.25) is 0 Å². The molecule has 0 bridgehead atoms. The predicted octanol–water partition coefficient (Wildman–Crippen LogP) is 0.190. The van der Waals surface area contributed by atoms with Crippen LogP contribution in [0.5, 0.6) is 0 Å². The van der Waals surface area contributed by atoms with Gasteiger partial charge in [-0.15, -0.1) is 0 Å². The number of pyridine rings is 1. The Balaban J connectivity index is 2.21. The Hall–Kier alpha value is -1.47. The second kappa shape index (κ2) is 5.88. The molecule has 1 atom stereocenters. The molecule has 1 amide bonds. The molecule has 1 unspecified atom stereocenters. The highest BCUT2D eigenvalue weighted by molar-refractivity contribution is 7.91. The molecule has 0 aromatic carbocycles. The average Bonchev–Trinajstić information content (AvgIpc) is 2.79. The number of carbonyl (C=O) groups excluding carboxylic acids is 1. The van der Waals surface area contributed by atoms with E-state index in [9.17, 15) is 13.2 Å². The molecule has 1 aliphatic heterocycles. The van der Waals surface area contributed by atoms with Crippen LogP contribution in [0.15, 0.2) is 18.3 Å². The Morgan fingerprint density at radius 1 is 1.55 bits per heavy atom. The maximum atomic E-state index is 12.5.